The lowest BCUT2D eigenvalue weighted by Crippen LogP contribution is -2.35. The second-order valence-electron chi connectivity index (χ2n) is 4.89. The lowest BCUT2D eigenvalue weighted by atomic mass is 10.2. The van der Waals surface area contributed by atoms with E-state index >= 15 is 0 Å². The standard InChI is InChI=1S/C15H21N3O/c19-15(13-18-10-6-1-2-7-11-18)17-16-12-14-8-4-3-5-9-14/h3-5,8-9,12H,1-2,6-7,10-11,13H2,(H,17,19)/b16-12-. The number of benzene rings is 1. The summed E-state index contributed by atoms with van der Waals surface area (Å²) in [6.07, 6.45) is 6.62. The van der Waals surface area contributed by atoms with E-state index in [1.165, 1.54) is 25.7 Å². The van der Waals surface area contributed by atoms with E-state index in [2.05, 4.69) is 15.4 Å². The third kappa shape index (κ3) is 5.22. The fourth-order valence-corrected chi connectivity index (χ4v) is 2.25. The molecule has 2 rings (SSSR count). The third-order valence-electron chi connectivity index (χ3n) is 3.27. The van der Waals surface area contributed by atoms with Crippen LogP contribution in [0.3, 0.4) is 0 Å². The van der Waals surface area contributed by atoms with Gasteiger partial charge in [-0.15, -0.1) is 0 Å². The van der Waals surface area contributed by atoms with Crippen molar-refractivity contribution in [2.75, 3.05) is 19.6 Å². The van der Waals surface area contributed by atoms with Crippen molar-refractivity contribution < 1.29 is 4.79 Å². The lowest BCUT2D eigenvalue weighted by Gasteiger charge is -2.17. The average Bonchev–Trinajstić information content (AvgIpc) is 2.68. The van der Waals surface area contributed by atoms with Crippen LogP contribution in [0.25, 0.3) is 0 Å². The van der Waals surface area contributed by atoms with Crippen molar-refractivity contribution in [1.82, 2.24) is 10.3 Å². The van der Waals surface area contributed by atoms with Crippen molar-refractivity contribution in [3.8, 4) is 0 Å². The first-order chi connectivity index (χ1) is 9.34. The Labute approximate surface area is 114 Å². The zero-order chi connectivity index (χ0) is 13.3. The largest absolute Gasteiger partial charge is 0.294 e. The maximum atomic E-state index is 11.7. The molecule has 102 valence electrons. The summed E-state index contributed by atoms with van der Waals surface area (Å²) in [4.78, 5) is 14.0. The number of nitrogens with zero attached hydrogens (tertiary/aromatic N) is 2. The van der Waals surface area contributed by atoms with Gasteiger partial charge in [0, 0.05) is 0 Å². The molecular weight excluding hydrogens is 238 g/mol. The summed E-state index contributed by atoms with van der Waals surface area (Å²) in [7, 11) is 0. The Kier molecular flexibility index (Phi) is 5.56. The van der Waals surface area contributed by atoms with E-state index in [1.807, 2.05) is 30.3 Å². The molecule has 0 aromatic heterocycles. The molecule has 1 N–H and O–H groups in total. The SMILES string of the molecule is O=C(CN1CCCCCC1)N/N=C\c1ccccc1. The van der Waals surface area contributed by atoms with Crippen molar-refractivity contribution in [3.63, 3.8) is 0 Å². The number of hydrogen-bond acceptors (Lipinski definition) is 3. The van der Waals surface area contributed by atoms with Gasteiger partial charge >= 0.3 is 0 Å². The van der Waals surface area contributed by atoms with Crippen LogP contribution in [0.15, 0.2) is 35.4 Å². The van der Waals surface area contributed by atoms with E-state index in [-0.39, 0.29) is 5.91 Å². The number of nitrogens with one attached hydrogen (secondary N) is 1. The summed E-state index contributed by atoms with van der Waals surface area (Å²) < 4.78 is 0. The summed E-state index contributed by atoms with van der Waals surface area (Å²) in [5, 5.41) is 3.98. The minimum absolute atomic E-state index is 0.0333. The number of hydrogen-bond donors (Lipinski definition) is 1. The highest BCUT2D eigenvalue weighted by atomic mass is 16.2. The summed E-state index contributed by atoms with van der Waals surface area (Å²) in [5.74, 6) is -0.0333. The molecule has 0 atom stereocenters. The molecule has 0 saturated carbocycles. The van der Waals surface area contributed by atoms with Gasteiger partial charge in [-0.3, -0.25) is 9.69 Å². The van der Waals surface area contributed by atoms with Gasteiger partial charge in [0.05, 0.1) is 12.8 Å². The Balaban J connectivity index is 1.73. The van der Waals surface area contributed by atoms with Crippen LogP contribution in [-0.2, 0) is 4.79 Å². The topological polar surface area (TPSA) is 44.7 Å². The Hall–Kier alpha value is -1.68. The van der Waals surface area contributed by atoms with Gasteiger partial charge in [-0.2, -0.15) is 5.10 Å². The Morgan fingerprint density at radius 1 is 1.16 bits per heavy atom. The van der Waals surface area contributed by atoms with E-state index in [1.54, 1.807) is 6.21 Å². The number of carbonyl (C=O) groups is 1. The highest BCUT2D eigenvalue weighted by Crippen LogP contribution is 2.08. The van der Waals surface area contributed by atoms with Crippen molar-refractivity contribution in [2.24, 2.45) is 5.10 Å². The molecule has 0 aliphatic carbocycles. The molecule has 0 unspecified atom stereocenters. The number of carbonyl (C=O) groups excluding carboxylic acids is 1. The molecule has 1 aromatic rings. The lowest BCUT2D eigenvalue weighted by molar-refractivity contribution is -0.122. The van der Waals surface area contributed by atoms with Crippen LogP contribution in [0, 0.1) is 0 Å². The van der Waals surface area contributed by atoms with E-state index in [0.717, 1.165) is 18.7 Å². The molecule has 4 heteroatoms. The first-order valence-corrected chi connectivity index (χ1v) is 6.94. The van der Waals surface area contributed by atoms with Gasteiger partial charge < -0.3 is 0 Å². The zero-order valence-corrected chi connectivity index (χ0v) is 11.2. The van der Waals surface area contributed by atoms with E-state index in [0.29, 0.717) is 6.54 Å². The van der Waals surface area contributed by atoms with Gasteiger partial charge in [-0.1, -0.05) is 43.2 Å². The minimum Gasteiger partial charge on any atom is -0.294 e. The second kappa shape index (κ2) is 7.69. The molecule has 0 spiro atoms. The maximum Gasteiger partial charge on any atom is 0.254 e. The van der Waals surface area contributed by atoms with Crippen LogP contribution < -0.4 is 5.43 Å². The van der Waals surface area contributed by atoms with Gasteiger partial charge in [0.2, 0.25) is 0 Å². The van der Waals surface area contributed by atoms with Crippen molar-refractivity contribution >= 4 is 12.1 Å². The highest BCUT2D eigenvalue weighted by Gasteiger charge is 2.12. The molecule has 19 heavy (non-hydrogen) atoms. The maximum absolute atomic E-state index is 11.7. The monoisotopic (exact) mass is 259 g/mol. The smallest absolute Gasteiger partial charge is 0.254 e. The van der Waals surface area contributed by atoms with Crippen LogP contribution in [0.2, 0.25) is 0 Å². The Morgan fingerprint density at radius 2 is 1.84 bits per heavy atom. The zero-order valence-electron chi connectivity index (χ0n) is 11.2. The molecule has 1 fully saturated rings. The van der Waals surface area contributed by atoms with Gasteiger partial charge in [-0.25, -0.2) is 5.43 Å². The van der Waals surface area contributed by atoms with E-state index in [4.69, 9.17) is 0 Å². The van der Waals surface area contributed by atoms with E-state index < -0.39 is 0 Å². The molecule has 1 amide bonds. The number of hydrazone groups is 1. The average molecular weight is 259 g/mol. The summed E-state index contributed by atoms with van der Waals surface area (Å²) >= 11 is 0. The van der Waals surface area contributed by atoms with Crippen molar-refractivity contribution in [2.45, 2.75) is 25.7 Å². The third-order valence-corrected chi connectivity index (χ3v) is 3.27. The van der Waals surface area contributed by atoms with Crippen LogP contribution in [-0.4, -0.2) is 36.7 Å². The molecule has 1 aliphatic rings. The number of likely N-dealkylation sites (tertiary alicyclic amines) is 1. The van der Waals surface area contributed by atoms with Crippen LogP contribution in [0.5, 0.6) is 0 Å². The molecule has 1 heterocycles. The van der Waals surface area contributed by atoms with Gasteiger partial charge in [0.15, 0.2) is 0 Å². The van der Waals surface area contributed by atoms with Crippen LogP contribution in [0.1, 0.15) is 31.2 Å². The fraction of sp³-hybridized carbons (Fsp3) is 0.467. The summed E-state index contributed by atoms with van der Waals surface area (Å²) in [6, 6.07) is 9.74. The molecular formula is C15H21N3O. The van der Waals surface area contributed by atoms with Crippen LogP contribution >= 0.6 is 0 Å². The molecule has 1 aliphatic heterocycles. The van der Waals surface area contributed by atoms with Gasteiger partial charge in [0.1, 0.15) is 0 Å². The first kappa shape index (κ1) is 13.7. The molecule has 0 radical (unpaired) electrons. The quantitative estimate of drug-likeness (QED) is 0.664. The second-order valence-corrected chi connectivity index (χ2v) is 4.89. The molecule has 1 aromatic carbocycles. The highest BCUT2D eigenvalue weighted by molar-refractivity contribution is 5.83. The van der Waals surface area contributed by atoms with Crippen LogP contribution in [0.4, 0.5) is 0 Å². The predicted octanol–water partition coefficient (Wildman–Crippen LogP) is 2.01. The van der Waals surface area contributed by atoms with Crippen molar-refractivity contribution in [1.29, 1.82) is 0 Å². The fourth-order valence-electron chi connectivity index (χ4n) is 2.25. The summed E-state index contributed by atoms with van der Waals surface area (Å²) in [6.45, 7) is 2.50. The predicted molar refractivity (Wildman–Crippen MR) is 77.1 cm³/mol. The Morgan fingerprint density at radius 3 is 2.53 bits per heavy atom. The van der Waals surface area contributed by atoms with Crippen molar-refractivity contribution in [3.05, 3.63) is 35.9 Å². The summed E-state index contributed by atoms with van der Waals surface area (Å²) in [5.41, 5.74) is 3.57. The molecule has 0 bridgehead atoms. The van der Waals surface area contributed by atoms with Gasteiger partial charge in [0.25, 0.3) is 5.91 Å². The molecule has 4 nitrogen and oxygen atoms in total. The van der Waals surface area contributed by atoms with E-state index in [9.17, 15) is 4.79 Å². The van der Waals surface area contributed by atoms with Gasteiger partial charge in [-0.05, 0) is 31.5 Å². The number of amides is 1. The normalized spacial score (nSPS) is 17.3. The molecule has 1 saturated heterocycles. The minimum atomic E-state index is -0.0333. The first-order valence-electron chi connectivity index (χ1n) is 6.94. The number of rotatable bonds is 4. The Bertz CT molecular complexity index is 409.